The molecule has 1 saturated carbocycles. The molecule has 1 aliphatic rings. The molecule has 80 valence electrons. The van der Waals surface area contributed by atoms with E-state index in [0.29, 0.717) is 0 Å². The molecule has 0 unspecified atom stereocenters. The van der Waals surface area contributed by atoms with Gasteiger partial charge in [-0.1, -0.05) is 6.42 Å². The lowest BCUT2D eigenvalue weighted by Gasteiger charge is -2.24. The molecule has 1 N–H and O–H groups in total. The molecule has 3 nitrogen and oxygen atoms in total. The second kappa shape index (κ2) is 4.34. The summed E-state index contributed by atoms with van der Waals surface area (Å²) in [6, 6.07) is 7.40. The highest BCUT2D eigenvalue weighted by Gasteiger charge is 2.24. The maximum atomic E-state index is 11.6. The third kappa shape index (κ3) is 2.29. The van der Waals surface area contributed by atoms with Gasteiger partial charge in [-0.15, -0.1) is 0 Å². The molecule has 0 radical (unpaired) electrons. The zero-order valence-electron chi connectivity index (χ0n) is 8.82. The number of methoxy groups -OCH3 is 1. The van der Waals surface area contributed by atoms with Gasteiger partial charge < -0.3 is 10.1 Å². The van der Waals surface area contributed by atoms with Crippen molar-refractivity contribution in [2.75, 3.05) is 12.4 Å². The quantitative estimate of drug-likeness (QED) is 0.823. The first-order valence-electron chi connectivity index (χ1n) is 5.24. The maximum absolute atomic E-state index is 11.6. The highest BCUT2D eigenvalue weighted by Crippen LogP contribution is 2.27. The van der Waals surface area contributed by atoms with E-state index < -0.39 is 0 Å². The normalized spacial score (nSPS) is 15.5. The van der Waals surface area contributed by atoms with E-state index >= 15 is 0 Å². The number of anilines is 1. The fourth-order valence-electron chi connectivity index (χ4n) is 1.59. The van der Waals surface area contributed by atoms with E-state index in [1.54, 1.807) is 7.11 Å². The van der Waals surface area contributed by atoms with Crippen LogP contribution < -0.4 is 10.1 Å². The first-order valence-corrected chi connectivity index (χ1v) is 5.24. The van der Waals surface area contributed by atoms with Crippen LogP contribution in [0.15, 0.2) is 24.3 Å². The molecule has 1 amide bonds. The number of ether oxygens (including phenoxy) is 1. The Kier molecular flexibility index (Phi) is 2.90. The third-order valence-electron chi connectivity index (χ3n) is 2.83. The van der Waals surface area contributed by atoms with E-state index in [0.717, 1.165) is 24.3 Å². The molecule has 15 heavy (non-hydrogen) atoms. The highest BCUT2D eigenvalue weighted by molar-refractivity contribution is 5.93. The van der Waals surface area contributed by atoms with Crippen LogP contribution >= 0.6 is 0 Å². The number of nitrogens with one attached hydrogen (secondary N) is 1. The van der Waals surface area contributed by atoms with E-state index in [1.807, 2.05) is 24.3 Å². The number of carbonyl (C=O) groups excluding carboxylic acids is 1. The fraction of sp³-hybridized carbons (Fsp3) is 0.417. The second-order valence-electron chi connectivity index (χ2n) is 3.85. The van der Waals surface area contributed by atoms with E-state index in [-0.39, 0.29) is 11.8 Å². The molecule has 3 heteroatoms. The van der Waals surface area contributed by atoms with Crippen LogP contribution in [0.2, 0.25) is 0 Å². The summed E-state index contributed by atoms with van der Waals surface area (Å²) in [5, 5.41) is 2.90. The molecule has 2 rings (SSSR count). The Hall–Kier alpha value is -1.51. The van der Waals surface area contributed by atoms with Gasteiger partial charge in [0.2, 0.25) is 5.91 Å². The van der Waals surface area contributed by atoms with E-state index in [1.165, 1.54) is 6.42 Å². The van der Waals surface area contributed by atoms with E-state index in [2.05, 4.69) is 5.32 Å². The van der Waals surface area contributed by atoms with Crippen molar-refractivity contribution in [1.29, 1.82) is 0 Å². The van der Waals surface area contributed by atoms with Crippen LogP contribution in [0.3, 0.4) is 0 Å². The Bertz CT molecular complexity index is 341. The largest absolute Gasteiger partial charge is 0.497 e. The van der Waals surface area contributed by atoms with Crippen LogP contribution in [0.1, 0.15) is 19.3 Å². The van der Waals surface area contributed by atoms with Gasteiger partial charge in [-0.05, 0) is 37.1 Å². The smallest absolute Gasteiger partial charge is 0.227 e. The standard InChI is InChI=1S/C12H15NO2/c1-15-11-7-5-10(6-8-11)13-12(14)9-3-2-4-9/h5-9H,2-4H2,1H3,(H,13,14). The van der Waals surface area contributed by atoms with Gasteiger partial charge >= 0.3 is 0 Å². The molecule has 0 aliphatic heterocycles. The summed E-state index contributed by atoms with van der Waals surface area (Å²) in [4.78, 5) is 11.6. The molecule has 0 bridgehead atoms. The summed E-state index contributed by atoms with van der Waals surface area (Å²) >= 11 is 0. The van der Waals surface area contributed by atoms with Gasteiger partial charge in [0.25, 0.3) is 0 Å². The van der Waals surface area contributed by atoms with Crippen LogP contribution in [-0.2, 0) is 4.79 Å². The first kappa shape index (κ1) is 10.0. The van der Waals surface area contributed by atoms with Crippen molar-refractivity contribution < 1.29 is 9.53 Å². The molecular formula is C12H15NO2. The molecule has 1 aliphatic carbocycles. The Morgan fingerprint density at radius 2 is 2.00 bits per heavy atom. The number of hydrogen-bond donors (Lipinski definition) is 1. The highest BCUT2D eigenvalue weighted by atomic mass is 16.5. The van der Waals surface area contributed by atoms with Gasteiger partial charge in [0.15, 0.2) is 0 Å². The Morgan fingerprint density at radius 3 is 2.47 bits per heavy atom. The van der Waals surface area contributed by atoms with Gasteiger partial charge in [-0.25, -0.2) is 0 Å². The number of amides is 1. The minimum atomic E-state index is 0.145. The van der Waals surface area contributed by atoms with Crippen LogP contribution in [0.5, 0.6) is 5.75 Å². The number of rotatable bonds is 3. The van der Waals surface area contributed by atoms with Gasteiger partial charge in [0.1, 0.15) is 5.75 Å². The molecular weight excluding hydrogens is 190 g/mol. The average molecular weight is 205 g/mol. The molecule has 0 saturated heterocycles. The Labute approximate surface area is 89.4 Å². The van der Waals surface area contributed by atoms with Gasteiger partial charge in [-0.2, -0.15) is 0 Å². The summed E-state index contributed by atoms with van der Waals surface area (Å²) < 4.78 is 5.04. The molecule has 1 aromatic rings. The number of hydrogen-bond acceptors (Lipinski definition) is 2. The maximum Gasteiger partial charge on any atom is 0.227 e. The Morgan fingerprint density at radius 1 is 1.33 bits per heavy atom. The van der Waals surface area contributed by atoms with Crippen molar-refractivity contribution in [2.45, 2.75) is 19.3 Å². The zero-order chi connectivity index (χ0) is 10.7. The van der Waals surface area contributed by atoms with Crippen LogP contribution in [-0.4, -0.2) is 13.0 Å². The lowest BCUT2D eigenvalue weighted by molar-refractivity contribution is -0.122. The SMILES string of the molecule is COc1ccc(NC(=O)C2CCC2)cc1. The predicted molar refractivity (Wildman–Crippen MR) is 59.0 cm³/mol. The molecule has 0 aromatic heterocycles. The van der Waals surface area contributed by atoms with Crippen molar-refractivity contribution in [2.24, 2.45) is 5.92 Å². The summed E-state index contributed by atoms with van der Waals surface area (Å²) in [5.74, 6) is 1.18. The van der Waals surface area contributed by atoms with Crippen LogP contribution in [0.4, 0.5) is 5.69 Å². The van der Waals surface area contributed by atoms with Crippen molar-refractivity contribution in [1.82, 2.24) is 0 Å². The van der Waals surface area contributed by atoms with Crippen molar-refractivity contribution in [3.8, 4) is 5.75 Å². The number of carbonyl (C=O) groups is 1. The summed E-state index contributed by atoms with van der Waals surface area (Å²) in [6.07, 6.45) is 3.24. The molecule has 0 heterocycles. The van der Waals surface area contributed by atoms with Gasteiger partial charge in [-0.3, -0.25) is 4.79 Å². The van der Waals surface area contributed by atoms with Crippen molar-refractivity contribution in [3.63, 3.8) is 0 Å². The Balaban J connectivity index is 1.94. The van der Waals surface area contributed by atoms with Crippen molar-refractivity contribution in [3.05, 3.63) is 24.3 Å². The monoisotopic (exact) mass is 205 g/mol. The predicted octanol–water partition coefficient (Wildman–Crippen LogP) is 2.43. The molecule has 1 fully saturated rings. The lowest BCUT2D eigenvalue weighted by Crippen LogP contribution is -2.27. The topological polar surface area (TPSA) is 38.3 Å². The van der Waals surface area contributed by atoms with Crippen molar-refractivity contribution >= 4 is 11.6 Å². The summed E-state index contributed by atoms with van der Waals surface area (Å²) in [7, 11) is 1.63. The molecule has 0 spiro atoms. The fourth-order valence-corrected chi connectivity index (χ4v) is 1.59. The third-order valence-corrected chi connectivity index (χ3v) is 2.83. The van der Waals surface area contributed by atoms with Gasteiger partial charge in [0.05, 0.1) is 7.11 Å². The van der Waals surface area contributed by atoms with E-state index in [4.69, 9.17) is 4.74 Å². The second-order valence-corrected chi connectivity index (χ2v) is 3.85. The van der Waals surface area contributed by atoms with Gasteiger partial charge in [0, 0.05) is 11.6 Å². The average Bonchev–Trinajstić information content (AvgIpc) is 2.16. The minimum Gasteiger partial charge on any atom is -0.497 e. The minimum absolute atomic E-state index is 0.145. The zero-order valence-corrected chi connectivity index (χ0v) is 8.82. The number of benzene rings is 1. The lowest BCUT2D eigenvalue weighted by atomic mass is 9.85. The van der Waals surface area contributed by atoms with E-state index in [9.17, 15) is 4.79 Å². The molecule has 0 atom stereocenters. The van der Waals surface area contributed by atoms with Crippen LogP contribution in [0.25, 0.3) is 0 Å². The van der Waals surface area contributed by atoms with Crippen LogP contribution in [0, 0.1) is 5.92 Å². The molecule has 1 aromatic carbocycles. The first-order chi connectivity index (χ1) is 7.29. The summed E-state index contributed by atoms with van der Waals surface area (Å²) in [6.45, 7) is 0. The summed E-state index contributed by atoms with van der Waals surface area (Å²) in [5.41, 5.74) is 0.840.